The number of hydrogen-bond acceptors (Lipinski definition) is 9. The van der Waals surface area contributed by atoms with Crippen molar-refractivity contribution in [3.05, 3.63) is 466 Å². The van der Waals surface area contributed by atoms with Gasteiger partial charge in [0.15, 0.2) is 42.1 Å². The summed E-state index contributed by atoms with van der Waals surface area (Å²) >= 11 is 0. The molecule has 0 radical (unpaired) electrons. The fraction of sp³-hybridized carbons (Fsp3) is 0.0252. The molecule has 0 aliphatic heterocycles. The molecule has 0 atom stereocenters. The van der Waals surface area contributed by atoms with E-state index in [-0.39, 0.29) is 5.41 Å². The van der Waals surface area contributed by atoms with Crippen molar-refractivity contribution in [3.63, 3.8) is 0 Å². The summed E-state index contributed by atoms with van der Waals surface area (Å²) in [6.07, 6.45) is 0. The smallest absolute Gasteiger partial charge is 0.171 e. The summed E-state index contributed by atoms with van der Waals surface area (Å²) < 4.78 is 15.2. The second-order valence-electron chi connectivity index (χ2n) is 33.1. The van der Waals surface area contributed by atoms with Gasteiger partial charge in [-0.15, -0.1) is 0 Å². The van der Waals surface area contributed by atoms with Crippen LogP contribution in [0.25, 0.3) is 201 Å². The zero-order chi connectivity index (χ0) is 86.4. The van der Waals surface area contributed by atoms with Gasteiger partial charge >= 0.3 is 0 Å². The lowest BCUT2D eigenvalue weighted by Gasteiger charge is -2.22. The van der Waals surface area contributed by atoms with E-state index in [0.29, 0.717) is 34.9 Å². The van der Waals surface area contributed by atoms with Crippen LogP contribution in [-0.4, -0.2) is 39.9 Å². The maximum absolute atomic E-state index is 15.2. The number of pyridine rings is 2. The first-order valence-corrected chi connectivity index (χ1v) is 45.3. The Morgan fingerprint density at radius 3 is 0.884 bits per heavy atom. The molecule has 1 aliphatic carbocycles. The number of para-hydroxylation sites is 2. The highest BCUT2D eigenvalue weighted by atomic mass is 31.2. The van der Waals surface area contributed by atoms with Gasteiger partial charge < -0.3 is 4.57 Å². The van der Waals surface area contributed by atoms with Crippen molar-refractivity contribution in [1.29, 1.82) is 0 Å². The minimum atomic E-state index is -3.17. The maximum Gasteiger partial charge on any atom is 0.171 e. The Morgan fingerprint density at radius 2 is 0.465 bits per heavy atom. The summed E-state index contributed by atoms with van der Waals surface area (Å²) in [5, 5.41) is 9.07. The molecule has 9 nitrogen and oxygen atoms in total. The first-order valence-electron chi connectivity index (χ1n) is 43.5. The molecule has 0 saturated heterocycles. The summed E-state index contributed by atoms with van der Waals surface area (Å²) in [5.74, 6) is 3.48. The molecule has 0 N–H and O–H groups in total. The fourth-order valence-corrected chi connectivity index (χ4v) is 21.2. The average molecular weight is 1670 g/mol. The molecule has 0 saturated carbocycles. The second-order valence-corrected chi connectivity index (χ2v) is 35.9. The molecule has 0 fully saturated rings. The van der Waals surface area contributed by atoms with Crippen LogP contribution in [0, 0.1) is 0 Å². The summed E-state index contributed by atoms with van der Waals surface area (Å²) in [4.78, 5) is 41.7. The number of hydrogen-bond donors (Lipinski definition) is 0. The van der Waals surface area contributed by atoms with Crippen LogP contribution in [0.5, 0.6) is 0 Å². The molecule has 18 aromatic carbocycles. The third-order valence-corrected chi connectivity index (χ3v) is 28.0. The van der Waals surface area contributed by atoms with Crippen LogP contribution in [-0.2, 0) is 9.98 Å². The maximum atomic E-state index is 15.2. The standard InChI is InChI=1S/C61H42N4.C58H39N4OP/c1-61(2)53-30-13-12-25-49(53)50-36-35-44(38-54(50)61)39-31-33-43(34-32-39)59-63-58(42-21-10-5-11-22-42)64-60(65-59)46-24-14-23-45(37-46)48-27-16-29-52-55-47(40-17-6-3-7-18-40)26-15-28-51(55)56(62-57(48)52)41-19-8-4-9-20-41;63-64(46-27-12-4-13-28-46,47-29-14-5-15-30-47)48-37-35-43(36-38-48)57-60-56(42-23-10-3-11-24-42)61-58(62-57)45-26-16-25-44(39-45)50-32-18-34-52-53-49(40-19-6-1-7-20-40)31-17-33-51(53)54(59-55(50)52)41-21-8-2-9-22-41/h3-38H,1-2H3;1-39H. The van der Waals surface area contributed by atoms with Crippen LogP contribution in [0.3, 0.4) is 0 Å². The van der Waals surface area contributed by atoms with Crippen LogP contribution in [0.15, 0.2) is 455 Å². The Bertz CT molecular complexity index is 8010. The largest absolute Gasteiger partial charge is 0.309 e. The topological polar surface area (TPSA) is 120 Å². The van der Waals surface area contributed by atoms with Gasteiger partial charge in [0.25, 0.3) is 0 Å². The molecule has 4 aromatic heterocycles. The van der Waals surface area contributed by atoms with Crippen molar-refractivity contribution in [3.8, 4) is 158 Å². The lowest BCUT2D eigenvalue weighted by molar-refractivity contribution is 0.592. The Hall–Kier alpha value is -16.5. The minimum Gasteiger partial charge on any atom is -0.309 e. The molecule has 129 heavy (non-hydrogen) atoms. The number of benzene rings is 18. The highest BCUT2D eigenvalue weighted by Gasteiger charge is 2.36. The molecule has 1 aliphatic rings. The second kappa shape index (κ2) is 33.6. The molecule has 0 amide bonds. The Kier molecular flexibility index (Phi) is 20.4. The summed E-state index contributed by atoms with van der Waals surface area (Å²) in [5.41, 5.74) is 27.6. The van der Waals surface area contributed by atoms with Gasteiger partial charge in [0.1, 0.15) is 0 Å². The first-order chi connectivity index (χ1) is 63.6. The third-order valence-electron chi connectivity index (χ3n) is 24.9. The van der Waals surface area contributed by atoms with E-state index in [1.165, 1.54) is 49.7 Å². The van der Waals surface area contributed by atoms with Crippen molar-refractivity contribution in [2.45, 2.75) is 19.3 Å². The monoisotopic (exact) mass is 1670 g/mol. The van der Waals surface area contributed by atoms with Crippen molar-refractivity contribution in [2.24, 2.45) is 0 Å². The molecule has 23 rings (SSSR count). The normalized spacial score (nSPS) is 12.0. The molecular formula is C119H81N8OP. The van der Waals surface area contributed by atoms with E-state index in [4.69, 9.17) is 39.9 Å². The lowest BCUT2D eigenvalue weighted by atomic mass is 9.81. The van der Waals surface area contributed by atoms with Gasteiger partial charge in [-0.2, -0.15) is 0 Å². The van der Waals surface area contributed by atoms with E-state index < -0.39 is 7.14 Å². The van der Waals surface area contributed by atoms with Crippen LogP contribution in [0.2, 0.25) is 0 Å². The number of rotatable bonds is 16. The minimum absolute atomic E-state index is 0.0657. The molecule has 0 bridgehead atoms. The summed E-state index contributed by atoms with van der Waals surface area (Å²) in [6.45, 7) is 4.65. The average Bonchev–Trinajstić information content (AvgIpc) is 1.71. The molecule has 0 spiro atoms. The van der Waals surface area contributed by atoms with E-state index in [1.807, 2.05) is 146 Å². The van der Waals surface area contributed by atoms with Crippen molar-refractivity contribution in [1.82, 2.24) is 39.9 Å². The molecule has 4 heterocycles. The predicted molar refractivity (Wildman–Crippen MR) is 533 cm³/mol. The fourth-order valence-electron chi connectivity index (χ4n) is 18.6. The van der Waals surface area contributed by atoms with Crippen LogP contribution in [0.1, 0.15) is 25.0 Å². The molecular weight excluding hydrogens is 1590 g/mol. The van der Waals surface area contributed by atoms with E-state index in [1.54, 1.807) is 0 Å². The highest BCUT2D eigenvalue weighted by Crippen LogP contribution is 2.51. The van der Waals surface area contributed by atoms with E-state index in [2.05, 4.69) is 323 Å². The van der Waals surface area contributed by atoms with E-state index in [0.717, 1.165) is 143 Å². The first kappa shape index (κ1) is 78.5. The Morgan fingerprint density at radius 1 is 0.186 bits per heavy atom. The SMILES string of the molecule is CC1(C)c2ccccc2-c2ccc(-c3ccc(-c4nc(-c5ccccc5)nc(-c5cccc(-c6cccc7c6nc(-c6ccccc6)c6cccc(-c8ccccc8)c67)c5)n4)cc3)cc21.O=P(c1ccccc1)(c1ccccc1)c1ccc(-c2nc(-c3ccccc3)nc(-c3cccc(-c4cccc5c4nc(-c4ccccc4)c4cccc(-c6ccccc6)c45)c3)n2)cc1. The number of nitrogens with zero attached hydrogens (tertiary/aromatic N) is 8. The zero-order valence-electron chi connectivity index (χ0n) is 70.7. The zero-order valence-corrected chi connectivity index (χ0v) is 71.6. The highest BCUT2D eigenvalue weighted by molar-refractivity contribution is 7.85. The summed E-state index contributed by atoms with van der Waals surface area (Å²) in [7, 11) is -3.17. The van der Waals surface area contributed by atoms with Crippen molar-refractivity contribution < 1.29 is 4.57 Å². The number of aromatic nitrogens is 8. The van der Waals surface area contributed by atoms with Gasteiger partial charge in [0, 0.05) is 109 Å². The molecule has 22 aromatic rings. The van der Waals surface area contributed by atoms with E-state index >= 15 is 4.57 Å². The quantitative estimate of drug-likeness (QED) is 0.0688. The molecule has 0 unspecified atom stereocenters. The predicted octanol–water partition coefficient (Wildman–Crippen LogP) is 28.8. The Balaban J connectivity index is 0.000000152. The molecule has 10 heteroatoms. The number of fused-ring (bicyclic) bond motifs is 9. The van der Waals surface area contributed by atoms with Gasteiger partial charge in [0.2, 0.25) is 0 Å². The van der Waals surface area contributed by atoms with Gasteiger partial charge in [0.05, 0.1) is 22.4 Å². The van der Waals surface area contributed by atoms with Crippen molar-refractivity contribution >= 4 is 66.4 Å². The summed E-state index contributed by atoms with van der Waals surface area (Å²) in [6, 6.07) is 157. The molecule has 608 valence electrons. The van der Waals surface area contributed by atoms with Crippen LogP contribution < -0.4 is 15.9 Å². The van der Waals surface area contributed by atoms with Crippen LogP contribution >= 0.6 is 7.14 Å². The van der Waals surface area contributed by atoms with Gasteiger partial charge in [-0.3, -0.25) is 0 Å². The van der Waals surface area contributed by atoms with Gasteiger partial charge in [-0.05, 0) is 85.0 Å². The van der Waals surface area contributed by atoms with Crippen LogP contribution in [0.4, 0.5) is 0 Å². The Labute approximate surface area is 748 Å². The third kappa shape index (κ3) is 14.7. The van der Waals surface area contributed by atoms with Crippen molar-refractivity contribution in [2.75, 3.05) is 0 Å². The van der Waals surface area contributed by atoms with Gasteiger partial charge in [-0.25, -0.2) is 39.9 Å². The lowest BCUT2D eigenvalue weighted by Crippen LogP contribution is -2.24. The van der Waals surface area contributed by atoms with E-state index in [9.17, 15) is 0 Å². The van der Waals surface area contributed by atoms with Gasteiger partial charge in [-0.1, -0.05) is 451 Å².